The van der Waals surface area contributed by atoms with Crippen molar-refractivity contribution in [2.45, 2.75) is 57.6 Å². The summed E-state index contributed by atoms with van der Waals surface area (Å²) in [7, 11) is -2.12. The fourth-order valence-corrected chi connectivity index (χ4v) is 4.50. The van der Waals surface area contributed by atoms with Crippen LogP contribution in [0.4, 0.5) is 24.5 Å². The van der Waals surface area contributed by atoms with E-state index in [9.17, 15) is 13.2 Å². The van der Waals surface area contributed by atoms with Crippen LogP contribution in [0.25, 0.3) is 11.5 Å². The fourth-order valence-electron chi connectivity index (χ4n) is 3.01. The molecule has 0 aliphatic carbocycles. The van der Waals surface area contributed by atoms with Gasteiger partial charge in [-0.3, -0.25) is 0 Å². The Morgan fingerprint density at radius 2 is 1.68 bits per heavy atom. The fraction of sp³-hybridized carbons (Fsp3) is 0.417. The van der Waals surface area contributed by atoms with Crippen LogP contribution in [-0.4, -0.2) is 24.4 Å². The molecule has 1 atom stereocenters. The Morgan fingerprint density at radius 3 is 2.26 bits per heavy atom. The summed E-state index contributed by atoms with van der Waals surface area (Å²) >= 11 is 6.03. The molecule has 184 valence electrons. The molecular formula is C24H29ClF3N3O2Si. The van der Waals surface area contributed by atoms with Crippen molar-refractivity contribution in [3.63, 3.8) is 0 Å². The molecule has 0 spiro atoms. The minimum absolute atomic E-state index is 0.00139. The van der Waals surface area contributed by atoms with Crippen LogP contribution < -0.4 is 5.32 Å². The predicted octanol–water partition coefficient (Wildman–Crippen LogP) is 8.19. The quantitative estimate of drug-likeness (QED) is 0.244. The number of nitrogens with one attached hydrogen (secondary N) is 1. The lowest BCUT2D eigenvalue weighted by Gasteiger charge is -2.38. The maximum Gasteiger partial charge on any atom is 0.416 e. The van der Waals surface area contributed by atoms with Gasteiger partial charge < -0.3 is 14.2 Å². The molecular weight excluding hydrogens is 483 g/mol. The Hall–Kier alpha value is -2.36. The SMILES string of the molecule is CC(C)(C)[Si](C)(C)OC(CCCl)c1nnc(-c2ccccc2Nc2ccc(C(F)(F)F)cc2)o1. The lowest BCUT2D eigenvalue weighted by molar-refractivity contribution is -0.137. The Bertz CT molecular complexity index is 1100. The van der Waals surface area contributed by atoms with Gasteiger partial charge in [0.15, 0.2) is 8.32 Å². The van der Waals surface area contributed by atoms with Crippen LogP contribution in [0, 0.1) is 0 Å². The van der Waals surface area contributed by atoms with Crippen LogP contribution in [0.15, 0.2) is 52.9 Å². The van der Waals surface area contributed by atoms with E-state index in [1.54, 1.807) is 12.1 Å². The molecule has 3 rings (SSSR count). The van der Waals surface area contributed by atoms with E-state index in [1.165, 1.54) is 12.1 Å². The maximum atomic E-state index is 12.9. The number of alkyl halides is 4. The lowest BCUT2D eigenvalue weighted by Crippen LogP contribution is -2.42. The van der Waals surface area contributed by atoms with Crippen molar-refractivity contribution in [2.24, 2.45) is 0 Å². The van der Waals surface area contributed by atoms with E-state index in [4.69, 9.17) is 20.4 Å². The van der Waals surface area contributed by atoms with Gasteiger partial charge in [-0.05, 0) is 61.0 Å². The highest BCUT2D eigenvalue weighted by molar-refractivity contribution is 6.74. The van der Waals surface area contributed by atoms with Gasteiger partial charge in [-0.15, -0.1) is 21.8 Å². The molecule has 1 aromatic heterocycles. The molecule has 0 radical (unpaired) electrons. The van der Waals surface area contributed by atoms with Gasteiger partial charge in [-0.1, -0.05) is 32.9 Å². The molecule has 0 saturated carbocycles. The largest absolute Gasteiger partial charge is 0.418 e. The van der Waals surface area contributed by atoms with Gasteiger partial charge in [-0.25, -0.2) is 0 Å². The lowest BCUT2D eigenvalue weighted by atomic mass is 10.1. The average molecular weight is 512 g/mol. The molecule has 5 nitrogen and oxygen atoms in total. The second kappa shape index (κ2) is 10.1. The maximum absolute atomic E-state index is 12.9. The number of halogens is 4. The van der Waals surface area contributed by atoms with E-state index in [0.717, 1.165) is 12.1 Å². The van der Waals surface area contributed by atoms with E-state index in [2.05, 4.69) is 49.4 Å². The van der Waals surface area contributed by atoms with Crippen molar-refractivity contribution < 1.29 is 22.0 Å². The number of aromatic nitrogens is 2. The van der Waals surface area contributed by atoms with Gasteiger partial charge in [0.1, 0.15) is 6.10 Å². The first-order valence-corrected chi connectivity index (χ1v) is 14.4. The van der Waals surface area contributed by atoms with Crippen molar-refractivity contribution in [3.8, 4) is 11.5 Å². The molecule has 0 bridgehead atoms. The molecule has 0 aliphatic heterocycles. The number of anilines is 2. The summed E-state index contributed by atoms with van der Waals surface area (Å²) in [6, 6.07) is 12.0. The number of rotatable bonds is 8. The van der Waals surface area contributed by atoms with Crippen molar-refractivity contribution in [1.29, 1.82) is 0 Å². The molecule has 1 heterocycles. The van der Waals surface area contributed by atoms with E-state index in [-0.39, 0.29) is 10.9 Å². The number of para-hydroxylation sites is 1. The standard InChI is InChI=1S/C24H29ClF3N3O2Si/c1-23(2,3)34(4,5)33-20(14-15-25)22-31-30-21(32-22)18-8-6-7-9-19(18)29-17-12-10-16(11-13-17)24(26,27)28/h6-13,20,29H,14-15H2,1-5H3. The second-order valence-corrected chi connectivity index (χ2v) is 14.7. The summed E-state index contributed by atoms with van der Waals surface area (Å²) < 4.78 is 51.1. The third-order valence-corrected chi connectivity index (χ3v) is 10.7. The normalized spacial score (nSPS) is 13.7. The highest BCUT2D eigenvalue weighted by Gasteiger charge is 2.40. The summed E-state index contributed by atoms with van der Waals surface area (Å²) in [5, 5.41) is 11.6. The first-order valence-electron chi connectivity index (χ1n) is 10.9. The summed E-state index contributed by atoms with van der Waals surface area (Å²) in [4.78, 5) is 0. The van der Waals surface area contributed by atoms with Crippen LogP contribution in [0.1, 0.15) is 44.8 Å². The minimum atomic E-state index is -4.39. The Balaban J connectivity index is 1.86. The molecule has 0 aliphatic rings. The second-order valence-electron chi connectivity index (χ2n) is 9.54. The summed E-state index contributed by atoms with van der Waals surface area (Å²) in [6.45, 7) is 10.8. The van der Waals surface area contributed by atoms with Crippen molar-refractivity contribution >= 4 is 31.3 Å². The minimum Gasteiger partial charge on any atom is -0.418 e. The van der Waals surface area contributed by atoms with E-state index in [0.29, 0.717) is 35.1 Å². The van der Waals surface area contributed by atoms with Crippen molar-refractivity contribution in [2.75, 3.05) is 11.2 Å². The number of nitrogens with zero attached hydrogens (tertiary/aromatic N) is 2. The summed E-state index contributed by atoms with van der Waals surface area (Å²) in [5.74, 6) is 1.01. The molecule has 3 aromatic rings. The zero-order valence-electron chi connectivity index (χ0n) is 19.8. The molecule has 10 heteroatoms. The van der Waals surface area contributed by atoms with Gasteiger partial charge in [0.25, 0.3) is 0 Å². The third-order valence-electron chi connectivity index (χ3n) is 5.98. The van der Waals surface area contributed by atoms with Crippen molar-refractivity contribution in [3.05, 3.63) is 60.0 Å². The Labute approximate surface area is 203 Å². The van der Waals surface area contributed by atoms with Gasteiger partial charge in [0, 0.05) is 11.6 Å². The van der Waals surface area contributed by atoms with Gasteiger partial charge in [0.2, 0.25) is 11.8 Å². The molecule has 0 fully saturated rings. The molecule has 34 heavy (non-hydrogen) atoms. The Morgan fingerprint density at radius 1 is 1.03 bits per heavy atom. The molecule has 2 aromatic carbocycles. The predicted molar refractivity (Wildman–Crippen MR) is 131 cm³/mol. The van der Waals surface area contributed by atoms with E-state index < -0.39 is 26.2 Å². The Kier molecular flexibility index (Phi) is 7.79. The van der Waals surface area contributed by atoms with Crippen LogP contribution in [-0.2, 0) is 10.6 Å². The van der Waals surface area contributed by atoms with E-state index in [1.807, 2.05) is 12.1 Å². The van der Waals surface area contributed by atoms with Crippen LogP contribution in [0.2, 0.25) is 18.1 Å². The number of hydrogen-bond donors (Lipinski definition) is 1. The van der Waals surface area contributed by atoms with Gasteiger partial charge in [0.05, 0.1) is 16.8 Å². The number of hydrogen-bond acceptors (Lipinski definition) is 5. The molecule has 1 unspecified atom stereocenters. The topological polar surface area (TPSA) is 60.2 Å². The highest BCUT2D eigenvalue weighted by atomic mass is 35.5. The molecule has 0 amide bonds. The third kappa shape index (κ3) is 6.19. The first kappa shape index (κ1) is 26.2. The first-order chi connectivity index (χ1) is 15.8. The van der Waals surface area contributed by atoms with Crippen LogP contribution >= 0.6 is 11.6 Å². The average Bonchev–Trinajstić information content (AvgIpc) is 3.23. The summed E-state index contributed by atoms with van der Waals surface area (Å²) in [6.07, 6.45) is -4.28. The monoisotopic (exact) mass is 511 g/mol. The highest BCUT2D eigenvalue weighted by Crippen LogP contribution is 2.41. The van der Waals surface area contributed by atoms with E-state index >= 15 is 0 Å². The zero-order chi connectivity index (χ0) is 25.1. The zero-order valence-corrected chi connectivity index (χ0v) is 21.6. The van der Waals surface area contributed by atoms with Crippen molar-refractivity contribution in [1.82, 2.24) is 10.2 Å². The van der Waals surface area contributed by atoms with Crippen LogP contribution in [0.5, 0.6) is 0 Å². The molecule has 0 saturated heterocycles. The number of benzene rings is 2. The van der Waals surface area contributed by atoms with Gasteiger partial charge >= 0.3 is 6.18 Å². The smallest absolute Gasteiger partial charge is 0.416 e. The summed E-state index contributed by atoms with van der Waals surface area (Å²) in [5.41, 5.74) is 1.04. The van der Waals surface area contributed by atoms with Gasteiger partial charge in [-0.2, -0.15) is 13.2 Å². The molecule has 1 N–H and O–H groups in total. The van der Waals surface area contributed by atoms with Crippen LogP contribution in [0.3, 0.4) is 0 Å².